The largest absolute Gasteiger partial charge is 0.395 e. The zero-order valence-corrected chi connectivity index (χ0v) is 11.2. The summed E-state index contributed by atoms with van der Waals surface area (Å²) in [5.74, 6) is 0. The number of nitrogens with zero attached hydrogens (tertiary/aromatic N) is 3. The minimum Gasteiger partial charge on any atom is -0.395 e. The van der Waals surface area contributed by atoms with Crippen LogP contribution < -0.4 is 5.32 Å². The van der Waals surface area contributed by atoms with E-state index in [1.54, 1.807) is 12.3 Å². The molecule has 0 atom stereocenters. The number of aliphatic hydroxyl groups is 1. The van der Waals surface area contributed by atoms with Crippen molar-refractivity contribution < 1.29 is 17.4 Å². The molecular weight excluding hydrogens is 287 g/mol. The summed E-state index contributed by atoms with van der Waals surface area (Å²) in [4.78, 5) is -0.426. The lowest BCUT2D eigenvalue weighted by Crippen LogP contribution is -2.17. The van der Waals surface area contributed by atoms with Crippen LogP contribution in [0.25, 0.3) is 5.69 Å². The Kier molecular flexibility index (Phi) is 4.42. The van der Waals surface area contributed by atoms with Gasteiger partial charge >= 0.3 is 10.2 Å². The molecule has 9 heteroatoms. The normalized spacial score (nSPS) is 11.7. The van der Waals surface area contributed by atoms with Crippen LogP contribution >= 0.6 is 0 Å². The molecule has 7 nitrogen and oxygen atoms in total. The van der Waals surface area contributed by atoms with E-state index in [9.17, 15) is 12.3 Å². The van der Waals surface area contributed by atoms with Crippen molar-refractivity contribution in [3.63, 3.8) is 0 Å². The number of hydrogen-bond acceptors (Lipinski definition) is 6. The van der Waals surface area contributed by atoms with E-state index in [0.29, 0.717) is 24.5 Å². The maximum absolute atomic E-state index is 12.9. The van der Waals surface area contributed by atoms with Crippen molar-refractivity contribution in [2.75, 3.05) is 13.2 Å². The van der Waals surface area contributed by atoms with Gasteiger partial charge in [0.25, 0.3) is 0 Å². The van der Waals surface area contributed by atoms with Gasteiger partial charge in [-0.05, 0) is 18.2 Å². The van der Waals surface area contributed by atoms with Gasteiger partial charge in [-0.15, -0.1) is 8.98 Å². The summed E-state index contributed by atoms with van der Waals surface area (Å²) in [5, 5.41) is 19.3. The molecule has 0 amide bonds. The van der Waals surface area contributed by atoms with Crippen molar-refractivity contribution in [3.8, 4) is 5.69 Å². The lowest BCUT2D eigenvalue weighted by atomic mass is 10.3. The Hall–Kier alpha value is -1.84. The van der Waals surface area contributed by atoms with Crippen LogP contribution in [-0.4, -0.2) is 41.7 Å². The number of nitrogens with one attached hydrogen (secondary N) is 1. The predicted molar refractivity (Wildman–Crippen MR) is 68.4 cm³/mol. The van der Waals surface area contributed by atoms with Gasteiger partial charge in [-0.2, -0.15) is 8.42 Å². The third-order valence-electron chi connectivity index (χ3n) is 2.50. The summed E-state index contributed by atoms with van der Waals surface area (Å²) in [5.41, 5.74) is 1.01. The van der Waals surface area contributed by atoms with Gasteiger partial charge < -0.3 is 10.4 Å². The number of halogens is 1. The van der Waals surface area contributed by atoms with E-state index < -0.39 is 15.1 Å². The topological polar surface area (TPSA) is 97.1 Å². The number of hydrogen-bond donors (Lipinski definition) is 2. The van der Waals surface area contributed by atoms with Crippen LogP contribution in [-0.2, 0) is 16.8 Å². The molecule has 0 spiro atoms. The summed E-state index contributed by atoms with van der Waals surface area (Å²) in [6, 6.07) is 5.36. The van der Waals surface area contributed by atoms with Gasteiger partial charge in [0.1, 0.15) is 4.90 Å². The van der Waals surface area contributed by atoms with E-state index in [1.165, 1.54) is 22.9 Å². The standard InChI is InChI=1S/C11H13FN4O3S/c12-20(18,19)11-3-1-2-10(6-11)16-8-9(14-15-16)7-13-4-5-17/h1-3,6,8,13,17H,4-5,7H2. The van der Waals surface area contributed by atoms with Crippen LogP contribution in [0.1, 0.15) is 5.69 Å². The highest BCUT2D eigenvalue weighted by Gasteiger charge is 2.13. The molecular formula is C11H13FN4O3S. The van der Waals surface area contributed by atoms with Crippen molar-refractivity contribution >= 4 is 10.2 Å². The molecule has 0 aliphatic rings. The smallest absolute Gasteiger partial charge is 0.332 e. The lowest BCUT2D eigenvalue weighted by molar-refractivity contribution is 0.291. The molecule has 0 saturated carbocycles. The van der Waals surface area contributed by atoms with E-state index in [-0.39, 0.29) is 6.61 Å². The number of benzene rings is 1. The summed E-state index contributed by atoms with van der Waals surface area (Å²) in [6.45, 7) is 0.870. The van der Waals surface area contributed by atoms with Gasteiger partial charge in [0.2, 0.25) is 0 Å². The van der Waals surface area contributed by atoms with Crippen molar-refractivity contribution in [1.82, 2.24) is 20.3 Å². The Bertz CT molecular complexity index is 686. The van der Waals surface area contributed by atoms with Crippen molar-refractivity contribution in [1.29, 1.82) is 0 Å². The van der Waals surface area contributed by atoms with Crippen LogP contribution in [0.15, 0.2) is 35.4 Å². The first-order chi connectivity index (χ1) is 9.50. The molecule has 0 bridgehead atoms. The minimum atomic E-state index is -4.75. The molecule has 1 aromatic heterocycles. The molecule has 0 saturated heterocycles. The summed E-state index contributed by atoms with van der Waals surface area (Å²) in [6.07, 6.45) is 1.59. The lowest BCUT2D eigenvalue weighted by Gasteiger charge is -2.01. The third-order valence-corrected chi connectivity index (χ3v) is 3.32. The fraction of sp³-hybridized carbons (Fsp3) is 0.273. The molecule has 1 heterocycles. The number of rotatable bonds is 6. The molecule has 0 radical (unpaired) electrons. The van der Waals surface area contributed by atoms with Crippen molar-refractivity contribution in [2.45, 2.75) is 11.4 Å². The predicted octanol–water partition coefficient (Wildman–Crippen LogP) is 0.00740. The Morgan fingerprint density at radius 2 is 2.20 bits per heavy atom. The summed E-state index contributed by atoms with van der Waals surface area (Å²) < 4.78 is 36.0. The minimum absolute atomic E-state index is 0.0184. The molecule has 1 aromatic carbocycles. The van der Waals surface area contributed by atoms with Gasteiger partial charge in [0.05, 0.1) is 24.2 Å². The van der Waals surface area contributed by atoms with Crippen molar-refractivity contribution in [3.05, 3.63) is 36.2 Å². The second-order valence-electron chi connectivity index (χ2n) is 3.99. The molecule has 0 fully saturated rings. The highest BCUT2D eigenvalue weighted by atomic mass is 32.3. The fourth-order valence-electron chi connectivity index (χ4n) is 1.58. The molecule has 2 rings (SSSR count). The Labute approximate surface area is 115 Å². The summed E-state index contributed by atoms with van der Waals surface area (Å²) >= 11 is 0. The van der Waals surface area contributed by atoms with Crippen molar-refractivity contribution in [2.24, 2.45) is 0 Å². The first kappa shape index (κ1) is 14.6. The average molecular weight is 300 g/mol. The van der Waals surface area contributed by atoms with E-state index >= 15 is 0 Å². The molecule has 20 heavy (non-hydrogen) atoms. The van der Waals surface area contributed by atoms with Gasteiger partial charge in [0, 0.05) is 13.1 Å². The molecule has 108 valence electrons. The second kappa shape index (κ2) is 6.07. The maximum Gasteiger partial charge on any atom is 0.332 e. The highest BCUT2D eigenvalue weighted by molar-refractivity contribution is 7.86. The van der Waals surface area contributed by atoms with Crippen LogP contribution in [0.4, 0.5) is 3.89 Å². The molecule has 2 aromatic rings. The first-order valence-corrected chi connectivity index (χ1v) is 7.17. The van der Waals surface area contributed by atoms with Gasteiger partial charge in [-0.25, -0.2) is 4.68 Å². The van der Waals surface area contributed by atoms with Crippen LogP contribution in [0.3, 0.4) is 0 Å². The second-order valence-corrected chi connectivity index (χ2v) is 5.34. The Morgan fingerprint density at radius 1 is 1.40 bits per heavy atom. The van der Waals surface area contributed by atoms with Crippen LogP contribution in [0, 0.1) is 0 Å². The zero-order valence-electron chi connectivity index (χ0n) is 10.4. The van der Waals surface area contributed by atoms with E-state index in [4.69, 9.17) is 5.11 Å². The van der Waals surface area contributed by atoms with E-state index in [2.05, 4.69) is 15.6 Å². The Balaban J connectivity index is 2.20. The Morgan fingerprint density at radius 3 is 2.90 bits per heavy atom. The average Bonchev–Trinajstić information content (AvgIpc) is 2.87. The number of aromatic nitrogens is 3. The highest BCUT2D eigenvalue weighted by Crippen LogP contribution is 2.16. The van der Waals surface area contributed by atoms with Gasteiger partial charge in [-0.3, -0.25) is 0 Å². The van der Waals surface area contributed by atoms with E-state index in [0.717, 1.165) is 0 Å². The number of aliphatic hydroxyl groups excluding tert-OH is 1. The first-order valence-electron chi connectivity index (χ1n) is 5.78. The third kappa shape index (κ3) is 3.59. The quantitative estimate of drug-likeness (QED) is 0.576. The summed E-state index contributed by atoms with van der Waals surface area (Å²) in [7, 11) is -4.75. The SMILES string of the molecule is O=S(=O)(F)c1cccc(-n2cc(CNCCO)nn2)c1. The monoisotopic (exact) mass is 300 g/mol. The molecule has 0 unspecified atom stereocenters. The van der Waals surface area contributed by atoms with Gasteiger partial charge in [0.15, 0.2) is 0 Å². The van der Waals surface area contributed by atoms with Crippen LogP contribution in [0.5, 0.6) is 0 Å². The molecule has 0 aliphatic heterocycles. The maximum atomic E-state index is 12.9. The molecule has 2 N–H and O–H groups in total. The van der Waals surface area contributed by atoms with Crippen LogP contribution in [0.2, 0.25) is 0 Å². The molecule has 0 aliphatic carbocycles. The van der Waals surface area contributed by atoms with Gasteiger partial charge in [-0.1, -0.05) is 11.3 Å². The van der Waals surface area contributed by atoms with E-state index in [1.807, 2.05) is 0 Å². The fourth-order valence-corrected chi connectivity index (χ4v) is 2.08. The zero-order chi connectivity index (χ0) is 14.6.